The van der Waals surface area contributed by atoms with Crippen molar-refractivity contribution in [1.82, 2.24) is 5.32 Å². The molecule has 2 rings (SSSR count). The van der Waals surface area contributed by atoms with Gasteiger partial charge in [0.25, 0.3) is 0 Å². The SMILES string of the molecule is C=CCC(NCC)C1Cc2ccccc21. The summed E-state index contributed by atoms with van der Waals surface area (Å²) in [4.78, 5) is 0. The van der Waals surface area contributed by atoms with Crippen molar-refractivity contribution in [3.8, 4) is 0 Å². The Morgan fingerprint density at radius 2 is 2.33 bits per heavy atom. The van der Waals surface area contributed by atoms with Crippen molar-refractivity contribution in [2.75, 3.05) is 6.54 Å². The lowest BCUT2D eigenvalue weighted by Crippen LogP contribution is -2.39. The van der Waals surface area contributed by atoms with E-state index >= 15 is 0 Å². The summed E-state index contributed by atoms with van der Waals surface area (Å²) in [6.07, 6.45) is 4.31. The van der Waals surface area contributed by atoms with E-state index in [1.165, 1.54) is 17.5 Å². The van der Waals surface area contributed by atoms with Crippen molar-refractivity contribution in [3.05, 3.63) is 48.0 Å². The molecule has 0 fully saturated rings. The van der Waals surface area contributed by atoms with Crippen molar-refractivity contribution >= 4 is 0 Å². The molecule has 2 unspecified atom stereocenters. The molecular weight excluding hydrogens is 182 g/mol. The van der Waals surface area contributed by atoms with Gasteiger partial charge in [0, 0.05) is 12.0 Å². The van der Waals surface area contributed by atoms with Crippen LogP contribution in [-0.4, -0.2) is 12.6 Å². The van der Waals surface area contributed by atoms with E-state index in [2.05, 4.69) is 43.1 Å². The van der Waals surface area contributed by atoms with Gasteiger partial charge < -0.3 is 5.32 Å². The van der Waals surface area contributed by atoms with Gasteiger partial charge in [-0.3, -0.25) is 0 Å². The van der Waals surface area contributed by atoms with Gasteiger partial charge in [-0.15, -0.1) is 6.58 Å². The third-order valence-corrected chi connectivity index (χ3v) is 3.27. The Morgan fingerprint density at radius 3 is 3.00 bits per heavy atom. The summed E-state index contributed by atoms with van der Waals surface area (Å²) in [5, 5.41) is 3.56. The van der Waals surface area contributed by atoms with Crippen molar-refractivity contribution in [1.29, 1.82) is 0 Å². The molecule has 1 aliphatic carbocycles. The second-order valence-electron chi connectivity index (χ2n) is 4.20. The number of benzene rings is 1. The smallest absolute Gasteiger partial charge is 0.0173 e. The van der Waals surface area contributed by atoms with E-state index in [1.54, 1.807) is 0 Å². The Kier molecular flexibility index (Phi) is 3.22. The average Bonchev–Trinajstić information content (AvgIpc) is 2.20. The molecule has 1 aromatic rings. The van der Waals surface area contributed by atoms with E-state index in [-0.39, 0.29) is 0 Å². The minimum Gasteiger partial charge on any atom is -0.313 e. The molecular formula is C14H19N. The Bertz CT molecular complexity index is 343. The van der Waals surface area contributed by atoms with E-state index in [0.717, 1.165) is 13.0 Å². The predicted molar refractivity (Wildman–Crippen MR) is 65.2 cm³/mol. The zero-order valence-electron chi connectivity index (χ0n) is 9.37. The van der Waals surface area contributed by atoms with Crippen LogP contribution in [0.2, 0.25) is 0 Å². The highest BCUT2D eigenvalue weighted by atomic mass is 14.9. The van der Waals surface area contributed by atoms with E-state index in [0.29, 0.717) is 12.0 Å². The number of nitrogens with one attached hydrogen (secondary N) is 1. The third-order valence-electron chi connectivity index (χ3n) is 3.27. The van der Waals surface area contributed by atoms with Crippen LogP contribution in [0.1, 0.15) is 30.4 Å². The third kappa shape index (κ3) is 1.98. The van der Waals surface area contributed by atoms with E-state index in [4.69, 9.17) is 0 Å². The van der Waals surface area contributed by atoms with Gasteiger partial charge in [-0.2, -0.15) is 0 Å². The molecule has 2 atom stereocenters. The van der Waals surface area contributed by atoms with E-state index < -0.39 is 0 Å². The zero-order valence-corrected chi connectivity index (χ0v) is 9.37. The van der Waals surface area contributed by atoms with E-state index in [9.17, 15) is 0 Å². The molecule has 0 saturated heterocycles. The molecule has 0 heterocycles. The van der Waals surface area contributed by atoms with Gasteiger partial charge in [-0.25, -0.2) is 0 Å². The lowest BCUT2D eigenvalue weighted by molar-refractivity contribution is 0.410. The minimum atomic E-state index is 0.572. The molecule has 0 spiro atoms. The molecule has 15 heavy (non-hydrogen) atoms. The summed E-state index contributed by atoms with van der Waals surface area (Å²) in [6.45, 7) is 7.05. The Morgan fingerprint density at radius 1 is 1.53 bits per heavy atom. The van der Waals surface area contributed by atoms with Gasteiger partial charge in [0.15, 0.2) is 0 Å². The second-order valence-corrected chi connectivity index (χ2v) is 4.20. The van der Waals surface area contributed by atoms with E-state index in [1.807, 2.05) is 6.08 Å². The normalized spacial score (nSPS) is 20.2. The van der Waals surface area contributed by atoms with Crippen molar-refractivity contribution < 1.29 is 0 Å². The second kappa shape index (κ2) is 4.63. The van der Waals surface area contributed by atoms with Crippen LogP contribution in [0.15, 0.2) is 36.9 Å². The summed E-state index contributed by atoms with van der Waals surface area (Å²) in [7, 11) is 0. The maximum absolute atomic E-state index is 3.84. The van der Waals surface area contributed by atoms with Crippen LogP contribution in [0, 0.1) is 0 Å². The minimum absolute atomic E-state index is 0.572. The first kappa shape index (κ1) is 10.4. The first-order chi connectivity index (χ1) is 7.36. The van der Waals surface area contributed by atoms with Crippen LogP contribution in [-0.2, 0) is 6.42 Å². The summed E-state index contributed by atoms with van der Waals surface area (Å²) in [5.74, 6) is 0.694. The van der Waals surface area contributed by atoms with Crippen molar-refractivity contribution in [2.45, 2.75) is 31.7 Å². The first-order valence-corrected chi connectivity index (χ1v) is 5.79. The quantitative estimate of drug-likeness (QED) is 0.722. The fraction of sp³-hybridized carbons (Fsp3) is 0.429. The molecule has 1 nitrogen and oxygen atoms in total. The molecule has 0 saturated carbocycles. The largest absolute Gasteiger partial charge is 0.313 e. The topological polar surface area (TPSA) is 12.0 Å². The van der Waals surface area contributed by atoms with Crippen LogP contribution < -0.4 is 5.32 Å². The molecule has 0 radical (unpaired) electrons. The number of hydrogen-bond acceptors (Lipinski definition) is 1. The van der Waals surface area contributed by atoms with Gasteiger partial charge in [0.2, 0.25) is 0 Å². The number of rotatable bonds is 5. The number of hydrogen-bond donors (Lipinski definition) is 1. The molecule has 0 amide bonds. The van der Waals surface area contributed by atoms with Gasteiger partial charge in [0.1, 0.15) is 0 Å². The van der Waals surface area contributed by atoms with Crippen molar-refractivity contribution in [2.24, 2.45) is 0 Å². The standard InChI is InChI=1S/C14H19N/c1-3-7-14(15-4-2)13-10-11-8-5-6-9-12(11)13/h3,5-6,8-9,13-15H,1,4,7,10H2,2H3. The highest BCUT2D eigenvalue weighted by molar-refractivity contribution is 5.41. The first-order valence-electron chi connectivity index (χ1n) is 5.79. The van der Waals surface area contributed by atoms with Gasteiger partial charge in [0.05, 0.1) is 0 Å². The predicted octanol–water partition coefficient (Wildman–Crippen LogP) is 2.88. The van der Waals surface area contributed by atoms with Gasteiger partial charge in [-0.1, -0.05) is 37.3 Å². The molecule has 1 aromatic carbocycles. The Labute approximate surface area is 92.2 Å². The lowest BCUT2D eigenvalue weighted by Gasteiger charge is -2.36. The molecule has 80 valence electrons. The van der Waals surface area contributed by atoms with Crippen LogP contribution >= 0.6 is 0 Å². The molecule has 1 N–H and O–H groups in total. The van der Waals surface area contributed by atoms with Gasteiger partial charge in [-0.05, 0) is 30.5 Å². The van der Waals surface area contributed by atoms with Gasteiger partial charge >= 0.3 is 0 Å². The fourth-order valence-electron chi connectivity index (χ4n) is 2.49. The summed E-state index contributed by atoms with van der Waals surface area (Å²) >= 11 is 0. The van der Waals surface area contributed by atoms with Crippen molar-refractivity contribution in [3.63, 3.8) is 0 Å². The maximum Gasteiger partial charge on any atom is 0.0173 e. The van der Waals surface area contributed by atoms with Crippen LogP contribution in [0.25, 0.3) is 0 Å². The highest BCUT2D eigenvalue weighted by Gasteiger charge is 2.31. The monoisotopic (exact) mass is 201 g/mol. The Balaban J connectivity index is 2.09. The maximum atomic E-state index is 3.84. The van der Waals surface area contributed by atoms with Crippen LogP contribution in [0.3, 0.4) is 0 Å². The summed E-state index contributed by atoms with van der Waals surface area (Å²) in [6, 6.07) is 9.34. The Hall–Kier alpha value is -1.08. The molecule has 0 aliphatic heterocycles. The lowest BCUT2D eigenvalue weighted by atomic mass is 9.72. The average molecular weight is 201 g/mol. The molecule has 1 heteroatoms. The highest BCUT2D eigenvalue weighted by Crippen LogP contribution is 2.38. The zero-order chi connectivity index (χ0) is 10.7. The number of fused-ring (bicyclic) bond motifs is 1. The number of likely N-dealkylation sites (N-methyl/N-ethyl adjacent to an activating group) is 1. The molecule has 1 aliphatic rings. The molecule has 0 bridgehead atoms. The summed E-state index contributed by atoms with van der Waals surface area (Å²) < 4.78 is 0. The van der Waals surface area contributed by atoms with Crippen LogP contribution in [0.4, 0.5) is 0 Å². The van der Waals surface area contributed by atoms with Crippen LogP contribution in [0.5, 0.6) is 0 Å². The fourth-order valence-corrected chi connectivity index (χ4v) is 2.49. The summed E-state index contributed by atoms with van der Waals surface area (Å²) in [5.41, 5.74) is 3.06. The molecule has 0 aromatic heterocycles.